The normalized spacial score (nSPS) is 13.9. The molecule has 2 rings (SSSR count). The molecule has 0 saturated carbocycles. The first-order chi connectivity index (χ1) is 8.55. The van der Waals surface area contributed by atoms with Gasteiger partial charge in [0.05, 0.1) is 6.16 Å². The molecule has 0 amide bonds. The van der Waals surface area contributed by atoms with Gasteiger partial charge in [0.2, 0.25) is 0 Å². The van der Waals surface area contributed by atoms with Crippen molar-refractivity contribution < 1.29 is 9.46 Å². The Hall–Kier alpha value is -1.57. The Bertz CT molecular complexity index is 552. The van der Waals surface area contributed by atoms with Crippen molar-refractivity contribution in [3.8, 4) is 0 Å². The highest BCUT2D eigenvalue weighted by molar-refractivity contribution is 7.58. The Balaban J connectivity index is 2.08. The van der Waals surface area contributed by atoms with E-state index in [0.717, 1.165) is 11.1 Å². The van der Waals surface area contributed by atoms with E-state index in [0.29, 0.717) is 5.69 Å². The number of rotatable bonds is 4. The summed E-state index contributed by atoms with van der Waals surface area (Å²) in [5, 5.41) is 2.69. The molecule has 0 spiro atoms. The molecule has 0 heterocycles. The van der Waals surface area contributed by atoms with Crippen molar-refractivity contribution >= 4 is 13.2 Å². The first-order valence-corrected chi connectivity index (χ1v) is 7.60. The minimum atomic E-state index is -3.40. The summed E-state index contributed by atoms with van der Waals surface area (Å²) in [6.07, 6.45) is 0.127. The van der Waals surface area contributed by atoms with Gasteiger partial charge in [-0.1, -0.05) is 48.0 Å². The molecule has 3 nitrogen and oxygen atoms in total. The number of anilines is 1. The van der Waals surface area contributed by atoms with Crippen LogP contribution < -0.4 is 5.09 Å². The van der Waals surface area contributed by atoms with E-state index < -0.39 is 7.52 Å². The van der Waals surface area contributed by atoms with Crippen LogP contribution in [0, 0.1) is 6.92 Å². The summed E-state index contributed by atoms with van der Waals surface area (Å²) in [6, 6.07) is 16.7. The lowest BCUT2D eigenvalue weighted by Gasteiger charge is -2.14. The summed E-state index contributed by atoms with van der Waals surface area (Å²) < 4.78 is 12.1. The summed E-state index contributed by atoms with van der Waals surface area (Å²) in [6.45, 7) is 1.99. The number of para-hydroxylation sites is 1. The zero-order chi connectivity index (χ0) is 13.0. The molecule has 1 atom stereocenters. The fourth-order valence-electron chi connectivity index (χ4n) is 1.69. The van der Waals surface area contributed by atoms with Crippen molar-refractivity contribution in [2.24, 2.45) is 0 Å². The number of nitrogens with one attached hydrogen (secondary N) is 1. The maximum absolute atomic E-state index is 12.1. The summed E-state index contributed by atoms with van der Waals surface area (Å²) in [5.41, 5.74) is 2.66. The number of hydrogen-bond acceptors (Lipinski definition) is 1. The average molecular weight is 261 g/mol. The van der Waals surface area contributed by atoms with Gasteiger partial charge in [0.15, 0.2) is 0 Å². The lowest BCUT2D eigenvalue weighted by molar-refractivity contribution is 0.483. The SMILES string of the molecule is Cc1ccc(CP(=O)(O)Nc2ccccc2)cc1. The van der Waals surface area contributed by atoms with Crippen LogP contribution in [0.3, 0.4) is 0 Å². The molecule has 94 valence electrons. The molecule has 0 fully saturated rings. The van der Waals surface area contributed by atoms with E-state index in [1.54, 1.807) is 12.1 Å². The average Bonchev–Trinajstić information content (AvgIpc) is 2.32. The summed E-state index contributed by atoms with van der Waals surface area (Å²) >= 11 is 0. The van der Waals surface area contributed by atoms with Crippen molar-refractivity contribution in [1.82, 2.24) is 0 Å². The zero-order valence-electron chi connectivity index (χ0n) is 10.2. The van der Waals surface area contributed by atoms with Crippen LogP contribution >= 0.6 is 7.52 Å². The summed E-state index contributed by atoms with van der Waals surface area (Å²) in [5.74, 6) is 0. The molecule has 0 bridgehead atoms. The van der Waals surface area contributed by atoms with Crippen molar-refractivity contribution in [3.63, 3.8) is 0 Å². The van der Waals surface area contributed by atoms with Crippen molar-refractivity contribution in [2.45, 2.75) is 13.1 Å². The Morgan fingerprint density at radius 3 is 2.28 bits per heavy atom. The fourth-order valence-corrected chi connectivity index (χ4v) is 3.03. The van der Waals surface area contributed by atoms with E-state index in [1.807, 2.05) is 49.4 Å². The van der Waals surface area contributed by atoms with E-state index in [-0.39, 0.29) is 6.16 Å². The van der Waals surface area contributed by atoms with Crippen molar-refractivity contribution in [3.05, 3.63) is 65.7 Å². The standard InChI is InChI=1S/C14H16NO2P/c1-12-7-9-13(10-8-12)11-18(16,17)15-14-5-3-2-4-6-14/h2-10H,11H2,1H3,(H2,15,16,17). The molecule has 2 N–H and O–H groups in total. The van der Waals surface area contributed by atoms with Gasteiger partial charge >= 0.3 is 0 Å². The van der Waals surface area contributed by atoms with Gasteiger partial charge in [-0.05, 0) is 24.6 Å². The molecule has 0 saturated heterocycles. The second kappa shape index (κ2) is 5.38. The minimum Gasteiger partial charge on any atom is -0.329 e. The van der Waals surface area contributed by atoms with Gasteiger partial charge in [0.25, 0.3) is 7.52 Å². The van der Waals surface area contributed by atoms with Gasteiger partial charge in [-0.2, -0.15) is 0 Å². The van der Waals surface area contributed by atoms with Gasteiger partial charge in [0.1, 0.15) is 0 Å². The first-order valence-electron chi connectivity index (χ1n) is 5.76. The Morgan fingerprint density at radius 2 is 1.67 bits per heavy atom. The molecule has 0 aliphatic heterocycles. The largest absolute Gasteiger partial charge is 0.329 e. The molecule has 0 radical (unpaired) electrons. The van der Waals surface area contributed by atoms with Crippen LogP contribution in [0.5, 0.6) is 0 Å². The maximum atomic E-state index is 12.1. The van der Waals surface area contributed by atoms with Gasteiger partial charge in [-0.3, -0.25) is 4.57 Å². The van der Waals surface area contributed by atoms with Crippen molar-refractivity contribution in [2.75, 3.05) is 5.09 Å². The number of hydrogen-bond donors (Lipinski definition) is 2. The Kier molecular flexibility index (Phi) is 3.85. The van der Waals surface area contributed by atoms with Crippen LogP contribution in [0.25, 0.3) is 0 Å². The lowest BCUT2D eigenvalue weighted by Crippen LogP contribution is -1.99. The molecule has 0 aliphatic rings. The van der Waals surface area contributed by atoms with Crippen LogP contribution in [0.1, 0.15) is 11.1 Å². The second-order valence-corrected chi connectivity index (χ2v) is 6.27. The van der Waals surface area contributed by atoms with E-state index >= 15 is 0 Å². The third kappa shape index (κ3) is 3.73. The highest BCUT2D eigenvalue weighted by Crippen LogP contribution is 2.44. The molecule has 18 heavy (non-hydrogen) atoms. The topological polar surface area (TPSA) is 49.3 Å². The van der Waals surface area contributed by atoms with Crippen LogP contribution in [-0.4, -0.2) is 4.89 Å². The third-order valence-corrected chi connectivity index (χ3v) is 4.00. The van der Waals surface area contributed by atoms with Gasteiger partial charge < -0.3 is 9.98 Å². The second-order valence-electron chi connectivity index (χ2n) is 4.32. The number of benzene rings is 2. The predicted octanol–water partition coefficient (Wildman–Crippen LogP) is 3.79. The smallest absolute Gasteiger partial charge is 0.295 e. The molecule has 4 heteroatoms. The van der Waals surface area contributed by atoms with Gasteiger partial charge in [-0.25, -0.2) is 0 Å². The maximum Gasteiger partial charge on any atom is 0.295 e. The van der Waals surface area contributed by atoms with E-state index in [1.165, 1.54) is 0 Å². The molecule has 0 aromatic heterocycles. The van der Waals surface area contributed by atoms with E-state index in [9.17, 15) is 9.46 Å². The summed E-state index contributed by atoms with van der Waals surface area (Å²) in [4.78, 5) is 9.94. The predicted molar refractivity (Wildman–Crippen MR) is 74.8 cm³/mol. The van der Waals surface area contributed by atoms with Crippen LogP contribution in [-0.2, 0) is 10.7 Å². The Labute approximate surface area is 107 Å². The Morgan fingerprint density at radius 1 is 1.06 bits per heavy atom. The zero-order valence-corrected chi connectivity index (χ0v) is 11.1. The van der Waals surface area contributed by atoms with E-state index in [4.69, 9.17) is 0 Å². The molecular formula is C14H16NO2P. The number of aryl methyl sites for hydroxylation is 1. The van der Waals surface area contributed by atoms with Crippen LogP contribution in [0.2, 0.25) is 0 Å². The molecule has 0 aliphatic carbocycles. The highest BCUT2D eigenvalue weighted by Gasteiger charge is 2.18. The van der Waals surface area contributed by atoms with Crippen molar-refractivity contribution in [1.29, 1.82) is 0 Å². The molecule has 1 unspecified atom stereocenters. The molecule has 2 aromatic carbocycles. The minimum absolute atomic E-state index is 0.127. The first kappa shape index (κ1) is 12.9. The molecule has 2 aromatic rings. The monoisotopic (exact) mass is 261 g/mol. The van der Waals surface area contributed by atoms with Crippen LogP contribution in [0.15, 0.2) is 54.6 Å². The highest BCUT2D eigenvalue weighted by atomic mass is 31.2. The van der Waals surface area contributed by atoms with Crippen LogP contribution in [0.4, 0.5) is 5.69 Å². The quantitative estimate of drug-likeness (QED) is 0.823. The van der Waals surface area contributed by atoms with Gasteiger partial charge in [0, 0.05) is 5.69 Å². The molecular weight excluding hydrogens is 245 g/mol. The lowest BCUT2D eigenvalue weighted by atomic mass is 10.2. The van der Waals surface area contributed by atoms with Gasteiger partial charge in [-0.15, -0.1) is 0 Å². The van der Waals surface area contributed by atoms with E-state index in [2.05, 4.69) is 5.09 Å². The third-order valence-electron chi connectivity index (χ3n) is 2.60. The summed E-state index contributed by atoms with van der Waals surface area (Å²) in [7, 11) is -3.40. The fraction of sp³-hybridized carbons (Fsp3) is 0.143.